The Morgan fingerprint density at radius 3 is 2.71 bits per heavy atom. The molecule has 1 aromatic rings. The van der Waals surface area contributed by atoms with Crippen LogP contribution in [-0.4, -0.2) is 31.5 Å². The number of ether oxygens (including phenoxy) is 2. The summed E-state index contributed by atoms with van der Waals surface area (Å²) in [7, 11) is 1.60. The summed E-state index contributed by atoms with van der Waals surface area (Å²) in [5.41, 5.74) is 0. The Morgan fingerprint density at radius 2 is 2.06 bits per heavy atom. The first-order chi connectivity index (χ1) is 8.27. The van der Waals surface area contributed by atoms with Crippen molar-refractivity contribution in [3.05, 3.63) is 24.3 Å². The zero-order chi connectivity index (χ0) is 12.5. The molecule has 0 aliphatic carbocycles. The summed E-state index contributed by atoms with van der Waals surface area (Å²) in [6.07, 6.45) is 0.481. The van der Waals surface area contributed by atoms with Crippen molar-refractivity contribution in [2.75, 3.05) is 25.6 Å². The molecule has 5 heteroatoms. The van der Waals surface area contributed by atoms with Gasteiger partial charge in [0.15, 0.2) is 11.5 Å². The third kappa shape index (κ3) is 5.08. The Morgan fingerprint density at radius 1 is 1.35 bits per heavy atom. The van der Waals surface area contributed by atoms with Crippen LogP contribution in [0.3, 0.4) is 0 Å². The van der Waals surface area contributed by atoms with E-state index in [0.717, 1.165) is 0 Å². The molecule has 0 radical (unpaired) electrons. The van der Waals surface area contributed by atoms with Crippen molar-refractivity contribution in [2.45, 2.75) is 6.42 Å². The van der Waals surface area contributed by atoms with Gasteiger partial charge in [-0.2, -0.15) is 0 Å². The number of benzene rings is 1. The molecule has 0 saturated carbocycles. The third-order valence-electron chi connectivity index (χ3n) is 2.07. The lowest BCUT2D eigenvalue weighted by Crippen LogP contribution is -2.28. The molecular weight excluding hydrogens is 286 g/mol. The average Bonchev–Trinajstić information content (AvgIpc) is 2.35. The van der Waals surface area contributed by atoms with Crippen LogP contribution >= 0.6 is 15.9 Å². The number of rotatable bonds is 7. The van der Waals surface area contributed by atoms with Crippen molar-refractivity contribution in [3.63, 3.8) is 0 Å². The lowest BCUT2D eigenvalue weighted by atomic mass is 10.3. The molecule has 1 rings (SSSR count). The highest BCUT2D eigenvalue weighted by Crippen LogP contribution is 2.25. The minimum Gasteiger partial charge on any atom is -0.493 e. The number of hydrogen-bond donors (Lipinski definition) is 1. The first kappa shape index (κ1) is 13.8. The maximum atomic E-state index is 11.2. The van der Waals surface area contributed by atoms with E-state index >= 15 is 0 Å². The van der Waals surface area contributed by atoms with Crippen molar-refractivity contribution in [2.24, 2.45) is 0 Å². The second-order valence-electron chi connectivity index (χ2n) is 3.29. The zero-order valence-corrected chi connectivity index (χ0v) is 11.3. The molecule has 0 aliphatic heterocycles. The van der Waals surface area contributed by atoms with Gasteiger partial charge >= 0.3 is 0 Å². The number of methoxy groups -OCH3 is 1. The second kappa shape index (κ2) is 7.95. The van der Waals surface area contributed by atoms with E-state index in [9.17, 15) is 4.79 Å². The quantitative estimate of drug-likeness (QED) is 0.619. The van der Waals surface area contributed by atoms with Crippen LogP contribution in [0, 0.1) is 0 Å². The van der Waals surface area contributed by atoms with Crippen LogP contribution in [0.5, 0.6) is 11.5 Å². The Bertz CT molecular complexity index is 357. The highest BCUT2D eigenvalue weighted by atomic mass is 79.9. The lowest BCUT2D eigenvalue weighted by molar-refractivity contribution is -0.120. The van der Waals surface area contributed by atoms with Gasteiger partial charge in [-0.15, -0.1) is 0 Å². The Labute approximate surface area is 109 Å². The second-order valence-corrected chi connectivity index (χ2v) is 4.08. The van der Waals surface area contributed by atoms with Crippen molar-refractivity contribution in [1.82, 2.24) is 5.32 Å². The third-order valence-corrected chi connectivity index (χ3v) is 2.47. The summed E-state index contributed by atoms with van der Waals surface area (Å²) in [6.45, 7) is 0.915. The SMILES string of the molecule is COc1ccccc1OCCNC(=O)CCBr. The molecule has 0 heterocycles. The van der Waals surface area contributed by atoms with Crippen LogP contribution in [0.2, 0.25) is 0 Å². The van der Waals surface area contributed by atoms with Crippen molar-refractivity contribution in [3.8, 4) is 11.5 Å². The van der Waals surface area contributed by atoms with Crippen LogP contribution in [-0.2, 0) is 4.79 Å². The fourth-order valence-electron chi connectivity index (χ4n) is 1.26. The molecular formula is C12H16BrNO3. The van der Waals surface area contributed by atoms with E-state index in [2.05, 4.69) is 21.2 Å². The van der Waals surface area contributed by atoms with Gasteiger partial charge in [-0.25, -0.2) is 0 Å². The number of halogens is 1. The maximum absolute atomic E-state index is 11.2. The smallest absolute Gasteiger partial charge is 0.220 e. The van der Waals surface area contributed by atoms with E-state index in [1.54, 1.807) is 7.11 Å². The maximum Gasteiger partial charge on any atom is 0.220 e. The van der Waals surface area contributed by atoms with E-state index in [4.69, 9.17) is 9.47 Å². The summed E-state index contributed by atoms with van der Waals surface area (Å²) in [4.78, 5) is 11.2. The van der Waals surface area contributed by atoms with E-state index in [0.29, 0.717) is 36.4 Å². The van der Waals surface area contributed by atoms with E-state index in [1.807, 2.05) is 24.3 Å². The van der Waals surface area contributed by atoms with Gasteiger partial charge in [-0.05, 0) is 12.1 Å². The summed E-state index contributed by atoms with van der Waals surface area (Å²) in [6, 6.07) is 7.42. The molecule has 1 N–H and O–H groups in total. The topological polar surface area (TPSA) is 47.6 Å². The van der Waals surface area contributed by atoms with Crippen LogP contribution in [0.25, 0.3) is 0 Å². The van der Waals surface area contributed by atoms with E-state index < -0.39 is 0 Å². The lowest BCUT2D eigenvalue weighted by Gasteiger charge is -2.10. The number of carbonyl (C=O) groups is 1. The van der Waals surface area contributed by atoms with Crippen molar-refractivity contribution in [1.29, 1.82) is 0 Å². The predicted molar refractivity (Wildman–Crippen MR) is 69.9 cm³/mol. The van der Waals surface area contributed by atoms with E-state index in [-0.39, 0.29) is 5.91 Å². The minimum atomic E-state index is 0.0190. The Kier molecular flexibility index (Phi) is 6.47. The zero-order valence-electron chi connectivity index (χ0n) is 9.74. The van der Waals surface area contributed by atoms with Crippen LogP contribution < -0.4 is 14.8 Å². The van der Waals surface area contributed by atoms with Gasteiger partial charge in [0.1, 0.15) is 6.61 Å². The van der Waals surface area contributed by atoms with E-state index in [1.165, 1.54) is 0 Å². The fourth-order valence-corrected chi connectivity index (χ4v) is 1.62. The fraction of sp³-hybridized carbons (Fsp3) is 0.417. The van der Waals surface area contributed by atoms with Gasteiger partial charge in [0.2, 0.25) is 5.91 Å². The highest BCUT2D eigenvalue weighted by molar-refractivity contribution is 9.09. The van der Waals surface area contributed by atoms with Gasteiger partial charge in [0.05, 0.1) is 13.7 Å². The molecule has 4 nitrogen and oxygen atoms in total. The summed E-state index contributed by atoms with van der Waals surface area (Å²) < 4.78 is 10.6. The van der Waals surface area contributed by atoms with Crippen LogP contribution in [0.4, 0.5) is 0 Å². The highest BCUT2D eigenvalue weighted by Gasteiger charge is 2.02. The molecule has 17 heavy (non-hydrogen) atoms. The summed E-state index contributed by atoms with van der Waals surface area (Å²) in [5, 5.41) is 3.43. The molecule has 94 valence electrons. The molecule has 0 fully saturated rings. The Hall–Kier alpha value is -1.23. The molecule has 0 saturated heterocycles. The minimum absolute atomic E-state index is 0.0190. The number of alkyl halides is 1. The molecule has 1 aromatic carbocycles. The molecule has 0 aliphatic rings. The van der Waals surface area contributed by atoms with Gasteiger partial charge in [-0.1, -0.05) is 28.1 Å². The molecule has 0 bridgehead atoms. The summed E-state index contributed by atoms with van der Waals surface area (Å²) in [5.74, 6) is 1.40. The average molecular weight is 302 g/mol. The molecule has 0 unspecified atom stereocenters. The van der Waals surface area contributed by atoms with Crippen molar-refractivity contribution < 1.29 is 14.3 Å². The molecule has 0 atom stereocenters. The van der Waals surface area contributed by atoms with Gasteiger partial charge < -0.3 is 14.8 Å². The van der Waals surface area contributed by atoms with Crippen LogP contribution in [0.15, 0.2) is 24.3 Å². The Balaban J connectivity index is 2.28. The van der Waals surface area contributed by atoms with Crippen LogP contribution in [0.1, 0.15) is 6.42 Å². The number of carbonyl (C=O) groups excluding carboxylic acids is 1. The monoisotopic (exact) mass is 301 g/mol. The standard InChI is InChI=1S/C12H16BrNO3/c1-16-10-4-2-3-5-11(10)17-9-8-14-12(15)6-7-13/h2-5H,6-9H2,1H3,(H,14,15). The number of para-hydroxylation sites is 2. The van der Waals surface area contributed by atoms with Gasteiger partial charge in [0.25, 0.3) is 0 Å². The van der Waals surface area contributed by atoms with Gasteiger partial charge in [0, 0.05) is 11.8 Å². The number of nitrogens with one attached hydrogen (secondary N) is 1. The van der Waals surface area contributed by atoms with Crippen molar-refractivity contribution >= 4 is 21.8 Å². The molecule has 0 spiro atoms. The largest absolute Gasteiger partial charge is 0.493 e. The van der Waals surface area contributed by atoms with Gasteiger partial charge in [-0.3, -0.25) is 4.79 Å². The molecule has 0 aromatic heterocycles. The molecule has 1 amide bonds. The summed E-state index contributed by atoms with van der Waals surface area (Å²) >= 11 is 3.21. The normalized spacial score (nSPS) is 9.76. The number of amides is 1. The predicted octanol–water partition coefficient (Wildman–Crippen LogP) is 1.98. The first-order valence-electron chi connectivity index (χ1n) is 5.36. The first-order valence-corrected chi connectivity index (χ1v) is 6.48. The number of hydrogen-bond acceptors (Lipinski definition) is 3.